The zero-order chi connectivity index (χ0) is 14.8. The van der Waals surface area contributed by atoms with E-state index < -0.39 is 0 Å². The largest absolute Gasteiger partial charge is 0.229 e. The highest BCUT2D eigenvalue weighted by molar-refractivity contribution is 8.00. The molecule has 0 saturated heterocycles. The normalized spacial score (nSPS) is 16.2. The SMILES string of the molecule is c1ccc(-n2ncc3c(SC4CCCCC4)ncnc32)cc1. The van der Waals surface area contributed by atoms with Crippen molar-refractivity contribution in [3.63, 3.8) is 0 Å². The van der Waals surface area contributed by atoms with E-state index in [0.717, 1.165) is 21.7 Å². The van der Waals surface area contributed by atoms with E-state index in [2.05, 4.69) is 15.1 Å². The first kappa shape index (κ1) is 13.8. The first-order valence-corrected chi connectivity index (χ1v) is 8.70. The van der Waals surface area contributed by atoms with E-state index >= 15 is 0 Å². The summed E-state index contributed by atoms with van der Waals surface area (Å²) in [4.78, 5) is 8.95. The summed E-state index contributed by atoms with van der Waals surface area (Å²) < 4.78 is 1.89. The highest BCUT2D eigenvalue weighted by atomic mass is 32.2. The van der Waals surface area contributed by atoms with E-state index in [4.69, 9.17) is 0 Å². The third-order valence-electron chi connectivity index (χ3n) is 4.16. The second-order valence-corrected chi connectivity index (χ2v) is 6.97. The molecule has 0 atom stereocenters. The van der Waals surface area contributed by atoms with Gasteiger partial charge in [-0.25, -0.2) is 14.6 Å². The van der Waals surface area contributed by atoms with Crippen LogP contribution in [0.2, 0.25) is 0 Å². The Balaban J connectivity index is 1.70. The number of fused-ring (bicyclic) bond motifs is 1. The second-order valence-electron chi connectivity index (χ2n) is 5.69. The van der Waals surface area contributed by atoms with E-state index in [1.165, 1.54) is 32.1 Å². The summed E-state index contributed by atoms with van der Waals surface area (Å²) in [7, 11) is 0. The minimum absolute atomic E-state index is 0.687. The number of hydrogen-bond donors (Lipinski definition) is 0. The summed E-state index contributed by atoms with van der Waals surface area (Å²) in [5, 5.41) is 7.33. The molecule has 1 saturated carbocycles. The highest BCUT2D eigenvalue weighted by Gasteiger charge is 2.18. The predicted octanol–water partition coefficient (Wildman–Crippen LogP) is 4.24. The topological polar surface area (TPSA) is 43.6 Å². The molecule has 4 rings (SSSR count). The Kier molecular flexibility index (Phi) is 3.81. The van der Waals surface area contributed by atoms with Crippen molar-refractivity contribution in [2.45, 2.75) is 42.4 Å². The van der Waals surface area contributed by atoms with Crippen LogP contribution < -0.4 is 0 Å². The fraction of sp³-hybridized carbons (Fsp3) is 0.353. The van der Waals surface area contributed by atoms with Gasteiger partial charge in [-0.3, -0.25) is 0 Å². The van der Waals surface area contributed by atoms with Crippen LogP contribution in [0.5, 0.6) is 0 Å². The molecule has 1 aliphatic carbocycles. The second kappa shape index (κ2) is 6.08. The molecule has 0 aliphatic heterocycles. The molecule has 3 aromatic rings. The van der Waals surface area contributed by atoms with Gasteiger partial charge >= 0.3 is 0 Å². The van der Waals surface area contributed by atoms with Crippen LogP contribution in [-0.4, -0.2) is 25.0 Å². The average molecular weight is 310 g/mol. The van der Waals surface area contributed by atoms with Gasteiger partial charge in [0.25, 0.3) is 0 Å². The van der Waals surface area contributed by atoms with Crippen LogP contribution in [-0.2, 0) is 0 Å². The zero-order valence-corrected chi connectivity index (χ0v) is 13.2. The first-order chi connectivity index (χ1) is 10.9. The van der Waals surface area contributed by atoms with Gasteiger partial charge < -0.3 is 0 Å². The molecule has 112 valence electrons. The predicted molar refractivity (Wildman–Crippen MR) is 89.4 cm³/mol. The van der Waals surface area contributed by atoms with E-state index in [-0.39, 0.29) is 0 Å². The standard InChI is InChI=1S/C17H18N4S/c1-3-7-13(8-4-1)21-16-15(11-20-21)17(19-12-18-16)22-14-9-5-2-6-10-14/h1,3-4,7-8,11-12,14H,2,5-6,9-10H2. The van der Waals surface area contributed by atoms with Crippen molar-refractivity contribution >= 4 is 22.8 Å². The van der Waals surface area contributed by atoms with Gasteiger partial charge in [0, 0.05) is 5.25 Å². The molecule has 1 aromatic carbocycles. The molecular formula is C17H18N4S. The molecular weight excluding hydrogens is 292 g/mol. The smallest absolute Gasteiger partial charge is 0.167 e. The summed E-state index contributed by atoms with van der Waals surface area (Å²) >= 11 is 1.90. The highest BCUT2D eigenvalue weighted by Crippen LogP contribution is 2.35. The first-order valence-electron chi connectivity index (χ1n) is 7.82. The lowest BCUT2D eigenvalue weighted by molar-refractivity contribution is 0.516. The molecule has 2 heterocycles. The Morgan fingerprint density at radius 3 is 2.64 bits per heavy atom. The Bertz CT molecular complexity index is 763. The van der Waals surface area contributed by atoms with Crippen molar-refractivity contribution in [2.24, 2.45) is 0 Å². The number of rotatable bonds is 3. The van der Waals surface area contributed by atoms with Gasteiger partial charge in [-0.15, -0.1) is 11.8 Å². The molecule has 0 spiro atoms. The van der Waals surface area contributed by atoms with Gasteiger partial charge in [-0.05, 0) is 25.0 Å². The van der Waals surface area contributed by atoms with Gasteiger partial charge in [0.15, 0.2) is 5.65 Å². The quantitative estimate of drug-likeness (QED) is 0.679. The third-order valence-corrected chi connectivity index (χ3v) is 5.51. The van der Waals surface area contributed by atoms with Crippen molar-refractivity contribution < 1.29 is 0 Å². The average Bonchev–Trinajstić information content (AvgIpc) is 3.02. The van der Waals surface area contributed by atoms with Crippen molar-refractivity contribution in [1.29, 1.82) is 0 Å². The molecule has 5 heteroatoms. The van der Waals surface area contributed by atoms with Crippen molar-refractivity contribution in [3.05, 3.63) is 42.9 Å². The van der Waals surface area contributed by atoms with Crippen molar-refractivity contribution in [2.75, 3.05) is 0 Å². The molecule has 1 fully saturated rings. The van der Waals surface area contributed by atoms with Gasteiger partial charge in [0.2, 0.25) is 0 Å². The Morgan fingerprint density at radius 1 is 1.00 bits per heavy atom. The number of thioether (sulfide) groups is 1. The number of nitrogens with zero attached hydrogens (tertiary/aromatic N) is 4. The Hall–Kier alpha value is -1.88. The summed E-state index contributed by atoms with van der Waals surface area (Å²) in [6, 6.07) is 10.1. The lowest BCUT2D eigenvalue weighted by Gasteiger charge is -2.20. The maximum absolute atomic E-state index is 4.52. The van der Waals surface area contributed by atoms with Crippen LogP contribution in [0.15, 0.2) is 47.9 Å². The van der Waals surface area contributed by atoms with Crippen LogP contribution in [0.1, 0.15) is 32.1 Å². The van der Waals surface area contributed by atoms with Crippen LogP contribution in [0.4, 0.5) is 0 Å². The summed E-state index contributed by atoms with van der Waals surface area (Å²) in [5.41, 5.74) is 1.92. The summed E-state index contributed by atoms with van der Waals surface area (Å²) in [6.07, 6.45) is 10.2. The molecule has 0 N–H and O–H groups in total. The number of benzene rings is 1. The molecule has 0 radical (unpaired) electrons. The van der Waals surface area contributed by atoms with Gasteiger partial charge in [-0.2, -0.15) is 5.10 Å². The lowest BCUT2D eigenvalue weighted by Crippen LogP contribution is -2.08. The summed E-state index contributed by atoms with van der Waals surface area (Å²) in [6.45, 7) is 0. The molecule has 2 aromatic heterocycles. The van der Waals surface area contributed by atoms with Crippen LogP contribution in [0, 0.1) is 0 Å². The number of hydrogen-bond acceptors (Lipinski definition) is 4. The minimum atomic E-state index is 0.687. The maximum atomic E-state index is 4.52. The third kappa shape index (κ3) is 2.61. The minimum Gasteiger partial charge on any atom is -0.229 e. The Labute approximate surface area is 134 Å². The van der Waals surface area contributed by atoms with Gasteiger partial charge in [0.05, 0.1) is 17.3 Å². The molecule has 1 aliphatic rings. The number of para-hydroxylation sites is 1. The van der Waals surface area contributed by atoms with Crippen molar-refractivity contribution in [3.8, 4) is 5.69 Å². The van der Waals surface area contributed by atoms with E-state index in [1.807, 2.05) is 53.0 Å². The van der Waals surface area contributed by atoms with Gasteiger partial charge in [-0.1, -0.05) is 37.5 Å². The van der Waals surface area contributed by atoms with Gasteiger partial charge in [0.1, 0.15) is 11.4 Å². The Morgan fingerprint density at radius 2 is 1.82 bits per heavy atom. The lowest BCUT2D eigenvalue weighted by atomic mass is 10.0. The van der Waals surface area contributed by atoms with E-state index in [0.29, 0.717) is 5.25 Å². The van der Waals surface area contributed by atoms with Crippen LogP contribution in [0.3, 0.4) is 0 Å². The molecule has 0 amide bonds. The monoisotopic (exact) mass is 310 g/mol. The zero-order valence-electron chi connectivity index (χ0n) is 12.4. The fourth-order valence-electron chi connectivity index (χ4n) is 3.02. The van der Waals surface area contributed by atoms with E-state index in [1.54, 1.807) is 6.33 Å². The molecule has 0 bridgehead atoms. The fourth-order valence-corrected chi connectivity index (χ4v) is 4.28. The van der Waals surface area contributed by atoms with Crippen LogP contribution >= 0.6 is 11.8 Å². The summed E-state index contributed by atoms with van der Waals surface area (Å²) in [5.74, 6) is 0. The molecule has 22 heavy (non-hydrogen) atoms. The van der Waals surface area contributed by atoms with Crippen LogP contribution in [0.25, 0.3) is 16.7 Å². The number of aromatic nitrogens is 4. The van der Waals surface area contributed by atoms with Crippen molar-refractivity contribution in [1.82, 2.24) is 19.7 Å². The molecule has 4 nitrogen and oxygen atoms in total. The van der Waals surface area contributed by atoms with E-state index in [9.17, 15) is 0 Å². The molecule has 0 unspecified atom stereocenters. The maximum Gasteiger partial charge on any atom is 0.167 e.